The lowest BCUT2D eigenvalue weighted by molar-refractivity contribution is 0.211. The quantitative estimate of drug-likeness (QED) is 0.834. The fraction of sp³-hybridized carbons (Fsp3) is 0.467. The van der Waals surface area contributed by atoms with E-state index in [4.69, 9.17) is 4.74 Å². The minimum atomic E-state index is -0.379. The van der Waals surface area contributed by atoms with Gasteiger partial charge in [0.2, 0.25) is 0 Å². The summed E-state index contributed by atoms with van der Waals surface area (Å²) < 4.78 is 19.0. The molecule has 0 saturated carbocycles. The van der Waals surface area contributed by atoms with E-state index in [1.807, 2.05) is 6.08 Å². The van der Waals surface area contributed by atoms with Crippen molar-refractivity contribution in [3.05, 3.63) is 41.2 Å². The molecule has 1 aromatic carbocycles. The van der Waals surface area contributed by atoms with Gasteiger partial charge in [-0.2, -0.15) is 0 Å². The molecule has 2 nitrogen and oxygen atoms in total. The average Bonchev–Trinajstić information content (AvgIpc) is 2.56. The van der Waals surface area contributed by atoms with Crippen LogP contribution in [0.2, 0.25) is 0 Å². The zero-order chi connectivity index (χ0) is 13.0. The first kappa shape index (κ1) is 13.1. The van der Waals surface area contributed by atoms with Gasteiger partial charge in [-0.3, -0.25) is 0 Å². The first-order valence-electron chi connectivity index (χ1n) is 6.39. The van der Waals surface area contributed by atoms with Gasteiger partial charge in [0.25, 0.3) is 0 Å². The van der Waals surface area contributed by atoms with Crippen molar-refractivity contribution in [2.45, 2.75) is 38.2 Å². The summed E-state index contributed by atoms with van der Waals surface area (Å²) in [6.07, 6.45) is 5.90. The molecule has 0 saturated heterocycles. The van der Waals surface area contributed by atoms with E-state index in [1.165, 1.54) is 7.11 Å². The third kappa shape index (κ3) is 3.10. The van der Waals surface area contributed by atoms with E-state index in [-0.39, 0.29) is 17.7 Å². The van der Waals surface area contributed by atoms with Crippen molar-refractivity contribution in [3.63, 3.8) is 0 Å². The maximum atomic E-state index is 14.0. The third-order valence-electron chi connectivity index (χ3n) is 3.36. The van der Waals surface area contributed by atoms with Crippen molar-refractivity contribution in [2.24, 2.45) is 0 Å². The Bertz CT molecular complexity index is 440. The number of ether oxygens (including phenoxy) is 1. The SMILES string of the molecule is COc1cccc(CC2=CC(O)CCCC2)c1F. The molecule has 98 valence electrons. The molecule has 3 heteroatoms. The molecule has 0 aliphatic heterocycles. The molecule has 0 bridgehead atoms. The van der Waals surface area contributed by atoms with Gasteiger partial charge in [-0.25, -0.2) is 4.39 Å². The van der Waals surface area contributed by atoms with Gasteiger partial charge < -0.3 is 9.84 Å². The van der Waals surface area contributed by atoms with Gasteiger partial charge in [-0.1, -0.05) is 30.2 Å². The van der Waals surface area contributed by atoms with Gasteiger partial charge in [-0.05, 0) is 37.3 Å². The Labute approximate surface area is 107 Å². The third-order valence-corrected chi connectivity index (χ3v) is 3.36. The smallest absolute Gasteiger partial charge is 0.168 e. The number of methoxy groups -OCH3 is 1. The highest BCUT2D eigenvalue weighted by molar-refractivity contribution is 5.33. The van der Waals surface area contributed by atoms with Crippen LogP contribution >= 0.6 is 0 Å². The fourth-order valence-electron chi connectivity index (χ4n) is 2.39. The summed E-state index contributed by atoms with van der Waals surface area (Å²) in [7, 11) is 1.47. The number of rotatable bonds is 3. The van der Waals surface area contributed by atoms with Gasteiger partial charge >= 0.3 is 0 Å². The zero-order valence-electron chi connectivity index (χ0n) is 10.7. The van der Waals surface area contributed by atoms with Gasteiger partial charge in [0.05, 0.1) is 13.2 Å². The largest absolute Gasteiger partial charge is 0.494 e. The summed E-state index contributed by atoms with van der Waals surface area (Å²) in [6, 6.07) is 5.19. The van der Waals surface area contributed by atoms with Crippen LogP contribution < -0.4 is 4.74 Å². The van der Waals surface area contributed by atoms with Crippen LogP contribution in [0.5, 0.6) is 5.75 Å². The van der Waals surface area contributed by atoms with E-state index in [0.29, 0.717) is 12.0 Å². The Morgan fingerprint density at radius 1 is 1.39 bits per heavy atom. The average molecular weight is 250 g/mol. The van der Waals surface area contributed by atoms with Crippen molar-refractivity contribution >= 4 is 0 Å². The van der Waals surface area contributed by atoms with Crippen LogP contribution in [0.3, 0.4) is 0 Å². The Hall–Kier alpha value is -1.35. The van der Waals surface area contributed by atoms with E-state index < -0.39 is 0 Å². The number of allylic oxidation sites excluding steroid dienone is 1. The van der Waals surface area contributed by atoms with Gasteiger partial charge in [-0.15, -0.1) is 0 Å². The Morgan fingerprint density at radius 2 is 2.22 bits per heavy atom. The van der Waals surface area contributed by atoms with Gasteiger partial charge in [0.1, 0.15) is 0 Å². The normalized spacial score (nSPS) is 20.2. The summed E-state index contributed by atoms with van der Waals surface area (Å²) in [5, 5.41) is 9.71. The number of hydrogen-bond donors (Lipinski definition) is 1. The summed E-state index contributed by atoms with van der Waals surface area (Å²) in [5.41, 5.74) is 1.75. The lowest BCUT2D eigenvalue weighted by Crippen LogP contribution is -2.02. The van der Waals surface area contributed by atoms with Crippen LogP contribution in [0.4, 0.5) is 4.39 Å². The molecule has 0 radical (unpaired) electrons. The van der Waals surface area contributed by atoms with Crippen LogP contribution in [0.1, 0.15) is 31.2 Å². The summed E-state index contributed by atoms with van der Waals surface area (Å²) in [5.74, 6) is -0.0121. The highest BCUT2D eigenvalue weighted by Gasteiger charge is 2.13. The Morgan fingerprint density at radius 3 is 3.00 bits per heavy atom. The molecule has 1 unspecified atom stereocenters. The van der Waals surface area contributed by atoms with Crippen molar-refractivity contribution in [1.29, 1.82) is 0 Å². The minimum Gasteiger partial charge on any atom is -0.494 e. The first-order chi connectivity index (χ1) is 8.70. The summed E-state index contributed by atoms with van der Waals surface area (Å²) in [4.78, 5) is 0. The fourth-order valence-corrected chi connectivity index (χ4v) is 2.39. The lowest BCUT2D eigenvalue weighted by Gasteiger charge is -2.10. The lowest BCUT2D eigenvalue weighted by atomic mass is 10.0. The summed E-state index contributed by atoms with van der Waals surface area (Å²) in [6.45, 7) is 0. The molecule has 1 aliphatic rings. The highest BCUT2D eigenvalue weighted by atomic mass is 19.1. The van der Waals surface area contributed by atoms with Crippen molar-refractivity contribution < 1.29 is 14.2 Å². The van der Waals surface area contributed by atoms with Crippen molar-refractivity contribution in [2.75, 3.05) is 7.11 Å². The van der Waals surface area contributed by atoms with E-state index in [1.54, 1.807) is 18.2 Å². The molecule has 2 rings (SSSR count). The minimum absolute atomic E-state index is 0.280. The van der Waals surface area contributed by atoms with Gasteiger partial charge in [0.15, 0.2) is 11.6 Å². The standard InChI is InChI=1S/C15H19FO2/c1-18-14-8-4-6-12(15(14)16)9-11-5-2-3-7-13(17)10-11/h4,6,8,10,13,17H,2-3,5,7,9H2,1H3. The van der Waals surface area contributed by atoms with Crippen LogP contribution in [0, 0.1) is 5.82 Å². The van der Waals surface area contributed by atoms with Crippen LogP contribution in [-0.2, 0) is 6.42 Å². The van der Waals surface area contributed by atoms with Crippen molar-refractivity contribution in [3.8, 4) is 5.75 Å². The molecule has 0 heterocycles. The number of aliphatic hydroxyl groups is 1. The van der Waals surface area contributed by atoms with E-state index in [2.05, 4.69) is 0 Å². The summed E-state index contributed by atoms with van der Waals surface area (Å²) >= 11 is 0. The van der Waals surface area contributed by atoms with Crippen LogP contribution in [-0.4, -0.2) is 18.3 Å². The molecule has 1 aliphatic carbocycles. The molecular formula is C15H19FO2. The molecule has 0 spiro atoms. The predicted molar refractivity (Wildman–Crippen MR) is 69.2 cm³/mol. The maximum absolute atomic E-state index is 14.0. The highest BCUT2D eigenvalue weighted by Crippen LogP contribution is 2.25. The molecule has 18 heavy (non-hydrogen) atoms. The molecule has 0 amide bonds. The second kappa shape index (κ2) is 6.01. The molecule has 0 aromatic heterocycles. The number of benzene rings is 1. The number of halogens is 1. The first-order valence-corrected chi connectivity index (χ1v) is 6.39. The molecule has 1 atom stereocenters. The van der Waals surface area contributed by atoms with Crippen LogP contribution in [0.15, 0.2) is 29.8 Å². The van der Waals surface area contributed by atoms with E-state index in [9.17, 15) is 9.50 Å². The topological polar surface area (TPSA) is 29.5 Å². The predicted octanol–water partition coefficient (Wildman–Crippen LogP) is 3.24. The van der Waals surface area contributed by atoms with Gasteiger partial charge in [0, 0.05) is 0 Å². The van der Waals surface area contributed by atoms with E-state index >= 15 is 0 Å². The maximum Gasteiger partial charge on any atom is 0.168 e. The number of hydrogen-bond acceptors (Lipinski definition) is 2. The molecule has 1 aromatic rings. The monoisotopic (exact) mass is 250 g/mol. The van der Waals surface area contributed by atoms with E-state index in [0.717, 1.165) is 31.3 Å². The zero-order valence-corrected chi connectivity index (χ0v) is 10.7. The Kier molecular flexibility index (Phi) is 4.37. The molecule has 1 N–H and O–H groups in total. The second-order valence-electron chi connectivity index (χ2n) is 4.75. The molecule has 0 fully saturated rings. The van der Waals surface area contributed by atoms with Crippen molar-refractivity contribution in [1.82, 2.24) is 0 Å². The van der Waals surface area contributed by atoms with Crippen LogP contribution in [0.25, 0.3) is 0 Å². The Balaban J connectivity index is 2.18. The second-order valence-corrected chi connectivity index (χ2v) is 4.75. The molecular weight excluding hydrogens is 231 g/mol. The number of aliphatic hydroxyl groups excluding tert-OH is 1.